The minimum atomic E-state index is -0.177. The lowest BCUT2D eigenvalue weighted by Gasteiger charge is -2.08. The highest BCUT2D eigenvalue weighted by atomic mass is 16.1. The number of benzene rings is 1. The zero-order valence-electron chi connectivity index (χ0n) is 14.6. The summed E-state index contributed by atoms with van der Waals surface area (Å²) in [6.07, 6.45) is 9.05. The molecular weight excluding hydrogens is 324 g/mol. The lowest BCUT2D eigenvalue weighted by Crippen LogP contribution is -2.13. The van der Waals surface area contributed by atoms with E-state index in [1.54, 1.807) is 18.5 Å². The van der Waals surface area contributed by atoms with E-state index in [2.05, 4.69) is 10.3 Å². The lowest BCUT2D eigenvalue weighted by atomic mass is 10.2. The number of nitrogens with one attached hydrogen (secondary N) is 1. The molecule has 0 spiro atoms. The predicted molar refractivity (Wildman–Crippen MR) is 102 cm³/mol. The molecule has 3 aromatic rings. The third-order valence-corrected chi connectivity index (χ3v) is 4.50. The number of nitrogens with zero attached hydrogens (tertiary/aromatic N) is 3. The molecular formula is C21H20N4O. The molecule has 2 aromatic heterocycles. The van der Waals surface area contributed by atoms with Crippen molar-refractivity contribution in [3.8, 4) is 5.69 Å². The number of rotatable bonds is 5. The second-order valence-corrected chi connectivity index (χ2v) is 6.48. The van der Waals surface area contributed by atoms with Crippen LogP contribution in [0.4, 0.5) is 5.82 Å². The first-order chi connectivity index (χ1) is 12.7. The number of hydrogen-bond acceptors (Lipinski definition) is 3. The summed E-state index contributed by atoms with van der Waals surface area (Å²) in [4.78, 5) is 16.4. The van der Waals surface area contributed by atoms with Crippen molar-refractivity contribution >= 4 is 17.8 Å². The summed E-state index contributed by atoms with van der Waals surface area (Å²) in [5.41, 5.74) is 4.00. The van der Waals surface area contributed by atoms with Gasteiger partial charge in [0.05, 0.1) is 11.4 Å². The van der Waals surface area contributed by atoms with Crippen LogP contribution in [0.3, 0.4) is 0 Å². The SMILES string of the molecule is Cc1c(C2CC2)nn(-c2ccccc2)c1NC(=O)/C=C\c1ccncc1. The van der Waals surface area contributed by atoms with Crippen molar-refractivity contribution in [2.45, 2.75) is 25.7 Å². The van der Waals surface area contributed by atoms with Crippen LogP contribution in [-0.4, -0.2) is 20.7 Å². The van der Waals surface area contributed by atoms with E-state index in [-0.39, 0.29) is 5.91 Å². The van der Waals surface area contributed by atoms with E-state index in [1.165, 1.54) is 18.9 Å². The van der Waals surface area contributed by atoms with Crippen LogP contribution in [0.15, 0.2) is 60.9 Å². The fourth-order valence-corrected chi connectivity index (χ4v) is 2.97. The summed E-state index contributed by atoms with van der Waals surface area (Å²) in [6, 6.07) is 13.6. The molecule has 26 heavy (non-hydrogen) atoms. The van der Waals surface area contributed by atoms with Crippen molar-refractivity contribution in [2.75, 3.05) is 5.32 Å². The fraction of sp³-hybridized carbons (Fsp3) is 0.190. The molecule has 0 unspecified atom stereocenters. The number of amides is 1. The van der Waals surface area contributed by atoms with Crippen LogP contribution in [0.1, 0.15) is 35.6 Å². The standard InChI is InChI=1S/C21H20N4O/c1-15-20(17-8-9-17)24-25(18-5-3-2-4-6-18)21(15)23-19(26)10-7-16-11-13-22-14-12-16/h2-7,10-14,17H,8-9H2,1H3,(H,23,26)/b10-7-. The van der Waals surface area contributed by atoms with Gasteiger partial charge in [0.25, 0.3) is 0 Å². The first-order valence-corrected chi connectivity index (χ1v) is 8.76. The topological polar surface area (TPSA) is 59.8 Å². The Hall–Kier alpha value is -3.21. The van der Waals surface area contributed by atoms with E-state index in [4.69, 9.17) is 5.10 Å². The maximum atomic E-state index is 12.5. The van der Waals surface area contributed by atoms with Crippen molar-refractivity contribution in [3.05, 3.63) is 77.8 Å². The lowest BCUT2D eigenvalue weighted by molar-refractivity contribution is -0.111. The number of para-hydroxylation sites is 1. The Labute approximate surface area is 152 Å². The van der Waals surface area contributed by atoms with Gasteiger partial charge in [0, 0.05) is 30.0 Å². The Bertz CT molecular complexity index is 941. The van der Waals surface area contributed by atoms with Gasteiger partial charge in [-0.05, 0) is 55.7 Å². The van der Waals surface area contributed by atoms with Crippen LogP contribution >= 0.6 is 0 Å². The van der Waals surface area contributed by atoms with Crippen molar-refractivity contribution in [3.63, 3.8) is 0 Å². The molecule has 5 nitrogen and oxygen atoms in total. The molecule has 1 saturated carbocycles. The average molecular weight is 344 g/mol. The first-order valence-electron chi connectivity index (χ1n) is 8.76. The van der Waals surface area contributed by atoms with Crippen molar-refractivity contribution in [2.24, 2.45) is 0 Å². The molecule has 1 amide bonds. The van der Waals surface area contributed by atoms with Crippen molar-refractivity contribution in [1.29, 1.82) is 0 Å². The van der Waals surface area contributed by atoms with Gasteiger partial charge in [-0.1, -0.05) is 18.2 Å². The van der Waals surface area contributed by atoms with E-state index in [0.29, 0.717) is 5.92 Å². The Morgan fingerprint density at radius 2 is 1.88 bits per heavy atom. The Kier molecular flexibility index (Phi) is 4.35. The summed E-state index contributed by atoms with van der Waals surface area (Å²) < 4.78 is 1.83. The molecule has 0 saturated heterocycles. The monoisotopic (exact) mass is 344 g/mol. The van der Waals surface area contributed by atoms with Gasteiger partial charge in [-0.3, -0.25) is 9.78 Å². The minimum Gasteiger partial charge on any atom is -0.307 e. The van der Waals surface area contributed by atoms with Crippen LogP contribution in [0.2, 0.25) is 0 Å². The summed E-state index contributed by atoms with van der Waals surface area (Å²) in [5.74, 6) is 1.08. The van der Waals surface area contributed by atoms with Gasteiger partial charge in [-0.15, -0.1) is 0 Å². The van der Waals surface area contributed by atoms with Crippen molar-refractivity contribution < 1.29 is 4.79 Å². The van der Waals surface area contributed by atoms with Gasteiger partial charge in [0.15, 0.2) is 0 Å². The number of pyridine rings is 1. The van der Waals surface area contributed by atoms with Crippen LogP contribution < -0.4 is 5.32 Å². The zero-order valence-corrected chi connectivity index (χ0v) is 14.6. The highest BCUT2D eigenvalue weighted by Gasteiger charge is 2.30. The second-order valence-electron chi connectivity index (χ2n) is 6.48. The largest absolute Gasteiger partial charge is 0.307 e. The third kappa shape index (κ3) is 3.42. The quantitative estimate of drug-likeness (QED) is 0.709. The van der Waals surface area contributed by atoms with Crippen LogP contribution in [0.5, 0.6) is 0 Å². The molecule has 2 heterocycles. The Morgan fingerprint density at radius 3 is 2.58 bits per heavy atom. The van der Waals surface area contributed by atoms with E-state index < -0.39 is 0 Å². The van der Waals surface area contributed by atoms with Gasteiger partial charge in [0.1, 0.15) is 5.82 Å². The van der Waals surface area contributed by atoms with Crippen LogP contribution in [-0.2, 0) is 4.79 Å². The highest BCUT2D eigenvalue weighted by Crippen LogP contribution is 2.42. The van der Waals surface area contributed by atoms with E-state index in [9.17, 15) is 4.79 Å². The van der Waals surface area contributed by atoms with E-state index in [0.717, 1.165) is 28.3 Å². The smallest absolute Gasteiger partial charge is 0.249 e. The molecule has 130 valence electrons. The molecule has 0 radical (unpaired) electrons. The molecule has 5 heteroatoms. The number of hydrogen-bond donors (Lipinski definition) is 1. The normalized spacial score (nSPS) is 13.9. The average Bonchev–Trinajstić information content (AvgIpc) is 3.47. The molecule has 0 aliphatic heterocycles. The van der Waals surface area contributed by atoms with E-state index >= 15 is 0 Å². The zero-order chi connectivity index (χ0) is 17.9. The van der Waals surface area contributed by atoms with Crippen LogP contribution in [0, 0.1) is 6.92 Å². The second kappa shape index (κ2) is 6.96. The van der Waals surface area contributed by atoms with Gasteiger partial charge in [-0.2, -0.15) is 5.10 Å². The predicted octanol–water partition coefficient (Wildman–Crippen LogP) is 4.11. The molecule has 1 fully saturated rings. The molecule has 1 aliphatic carbocycles. The summed E-state index contributed by atoms with van der Waals surface area (Å²) in [5, 5.41) is 7.79. The molecule has 1 aromatic carbocycles. The summed E-state index contributed by atoms with van der Waals surface area (Å²) >= 11 is 0. The number of anilines is 1. The van der Waals surface area contributed by atoms with Gasteiger partial charge >= 0.3 is 0 Å². The third-order valence-electron chi connectivity index (χ3n) is 4.50. The molecule has 0 bridgehead atoms. The number of carbonyl (C=O) groups excluding carboxylic acids is 1. The Morgan fingerprint density at radius 1 is 1.15 bits per heavy atom. The molecule has 0 atom stereocenters. The van der Waals surface area contributed by atoms with Gasteiger partial charge < -0.3 is 5.32 Å². The van der Waals surface area contributed by atoms with Crippen molar-refractivity contribution in [1.82, 2.24) is 14.8 Å². The maximum Gasteiger partial charge on any atom is 0.249 e. The molecule has 1 N–H and O–H groups in total. The fourth-order valence-electron chi connectivity index (χ4n) is 2.97. The van der Waals surface area contributed by atoms with Gasteiger partial charge in [-0.25, -0.2) is 4.68 Å². The molecule has 1 aliphatic rings. The number of aromatic nitrogens is 3. The highest BCUT2D eigenvalue weighted by molar-refractivity contribution is 6.02. The molecule has 4 rings (SSSR count). The van der Waals surface area contributed by atoms with E-state index in [1.807, 2.05) is 54.1 Å². The minimum absolute atomic E-state index is 0.177. The summed E-state index contributed by atoms with van der Waals surface area (Å²) in [6.45, 7) is 2.03. The summed E-state index contributed by atoms with van der Waals surface area (Å²) in [7, 11) is 0. The van der Waals surface area contributed by atoms with Gasteiger partial charge in [0.2, 0.25) is 5.91 Å². The van der Waals surface area contributed by atoms with Crippen LogP contribution in [0.25, 0.3) is 11.8 Å². The maximum absolute atomic E-state index is 12.5. The number of carbonyl (C=O) groups is 1. The Balaban J connectivity index is 1.63. The first kappa shape index (κ1) is 16.3.